The lowest BCUT2D eigenvalue weighted by Crippen LogP contribution is -2.49. The third kappa shape index (κ3) is 5.76. The number of ether oxygens (including phenoxy) is 1. The molecule has 1 N–H and O–H groups in total. The van der Waals surface area contributed by atoms with Crippen LogP contribution in [0.3, 0.4) is 0 Å². The number of benzene rings is 1. The van der Waals surface area contributed by atoms with E-state index in [1.54, 1.807) is 7.11 Å². The first-order valence-corrected chi connectivity index (χ1v) is 9.01. The second-order valence-corrected chi connectivity index (χ2v) is 7.74. The number of rotatable bonds is 5. The largest absolute Gasteiger partial charge is 0.497 e. The van der Waals surface area contributed by atoms with Crippen molar-refractivity contribution < 1.29 is 14.3 Å². The molecule has 1 heterocycles. The molecule has 2 rings (SSSR count). The summed E-state index contributed by atoms with van der Waals surface area (Å²) in [7, 11) is 1.64. The lowest BCUT2D eigenvalue weighted by Gasteiger charge is -2.36. The summed E-state index contributed by atoms with van der Waals surface area (Å²) in [4.78, 5) is 26.4. The highest BCUT2D eigenvalue weighted by atomic mass is 16.5. The molecule has 0 spiro atoms. The van der Waals surface area contributed by atoms with Crippen molar-refractivity contribution in [3.05, 3.63) is 29.8 Å². The van der Waals surface area contributed by atoms with Gasteiger partial charge in [-0.15, -0.1) is 0 Å². The average Bonchev–Trinajstić information content (AvgIpc) is 2.59. The fraction of sp³-hybridized carbons (Fsp3) is 0.600. The van der Waals surface area contributed by atoms with Crippen molar-refractivity contribution in [1.29, 1.82) is 0 Å². The number of nitrogens with zero attached hydrogens (tertiary/aromatic N) is 1. The number of piperidine rings is 1. The molecule has 5 nitrogen and oxygen atoms in total. The molecule has 0 unspecified atom stereocenters. The normalized spacial score (nSPS) is 15.8. The predicted octanol–water partition coefficient (Wildman–Crippen LogP) is 2.78. The molecule has 138 valence electrons. The van der Waals surface area contributed by atoms with Gasteiger partial charge in [0.25, 0.3) is 0 Å². The third-order valence-corrected chi connectivity index (χ3v) is 4.56. The number of hydrogen-bond donors (Lipinski definition) is 1. The highest BCUT2D eigenvalue weighted by Gasteiger charge is 2.30. The van der Waals surface area contributed by atoms with Crippen molar-refractivity contribution >= 4 is 11.8 Å². The predicted molar refractivity (Wildman–Crippen MR) is 98.5 cm³/mol. The average molecular weight is 346 g/mol. The topological polar surface area (TPSA) is 58.6 Å². The summed E-state index contributed by atoms with van der Waals surface area (Å²) in [6.45, 7) is 7.28. The number of methoxy groups -OCH3 is 1. The van der Waals surface area contributed by atoms with E-state index in [0.717, 1.165) is 37.2 Å². The quantitative estimate of drug-likeness (QED) is 0.892. The number of carbonyl (C=O) groups excluding carboxylic acids is 2. The Morgan fingerprint density at radius 1 is 1.24 bits per heavy atom. The molecular formula is C20H30N2O3. The molecule has 1 aromatic carbocycles. The minimum absolute atomic E-state index is 0.0726. The fourth-order valence-corrected chi connectivity index (χ4v) is 3.09. The summed E-state index contributed by atoms with van der Waals surface area (Å²) in [6, 6.07) is 7.97. The first kappa shape index (κ1) is 19.3. The summed E-state index contributed by atoms with van der Waals surface area (Å²) in [5.41, 5.74) is 0.757. The summed E-state index contributed by atoms with van der Waals surface area (Å²) in [5.74, 6) is 1.08. The van der Waals surface area contributed by atoms with Gasteiger partial charge in [-0.1, -0.05) is 32.9 Å². The minimum Gasteiger partial charge on any atom is -0.497 e. The van der Waals surface area contributed by atoms with E-state index >= 15 is 0 Å². The van der Waals surface area contributed by atoms with Crippen LogP contribution in [0, 0.1) is 5.41 Å². The van der Waals surface area contributed by atoms with E-state index in [0.29, 0.717) is 12.8 Å². The summed E-state index contributed by atoms with van der Waals surface area (Å²) in [5, 5.41) is 3.11. The van der Waals surface area contributed by atoms with E-state index in [4.69, 9.17) is 4.74 Å². The number of likely N-dealkylation sites (tertiary alicyclic amines) is 1. The van der Waals surface area contributed by atoms with Crippen molar-refractivity contribution in [2.75, 3.05) is 20.2 Å². The molecule has 1 fully saturated rings. The highest BCUT2D eigenvalue weighted by molar-refractivity contribution is 5.81. The zero-order valence-corrected chi connectivity index (χ0v) is 15.8. The molecule has 25 heavy (non-hydrogen) atoms. The number of hydrogen-bond acceptors (Lipinski definition) is 3. The zero-order valence-electron chi connectivity index (χ0n) is 15.8. The lowest BCUT2D eigenvalue weighted by atomic mass is 9.93. The number of amides is 2. The van der Waals surface area contributed by atoms with Gasteiger partial charge in [0.15, 0.2) is 0 Å². The van der Waals surface area contributed by atoms with Crippen LogP contribution in [0.5, 0.6) is 5.75 Å². The second kappa shape index (κ2) is 8.37. The molecule has 0 saturated carbocycles. The van der Waals surface area contributed by atoms with Gasteiger partial charge in [0.1, 0.15) is 5.75 Å². The molecule has 1 aliphatic rings. The Morgan fingerprint density at radius 3 is 2.52 bits per heavy atom. The van der Waals surface area contributed by atoms with Gasteiger partial charge < -0.3 is 15.0 Å². The summed E-state index contributed by atoms with van der Waals surface area (Å²) < 4.78 is 5.20. The highest BCUT2D eigenvalue weighted by Crippen LogP contribution is 2.21. The van der Waals surface area contributed by atoms with Crippen molar-refractivity contribution in [2.24, 2.45) is 5.41 Å². The van der Waals surface area contributed by atoms with Crippen LogP contribution in [0.2, 0.25) is 0 Å². The Hall–Kier alpha value is -2.04. The Balaban J connectivity index is 1.74. The number of carbonyl (C=O) groups is 2. The van der Waals surface area contributed by atoms with Gasteiger partial charge >= 0.3 is 0 Å². The molecule has 0 aromatic heterocycles. The van der Waals surface area contributed by atoms with Crippen LogP contribution >= 0.6 is 0 Å². The molecule has 0 aliphatic carbocycles. The van der Waals surface area contributed by atoms with E-state index in [-0.39, 0.29) is 23.3 Å². The van der Waals surface area contributed by atoms with E-state index in [1.165, 1.54) is 0 Å². The smallest absolute Gasteiger partial charge is 0.227 e. The Labute approximate surface area is 150 Å². The summed E-state index contributed by atoms with van der Waals surface area (Å²) >= 11 is 0. The maximum absolute atomic E-state index is 12.3. The Kier molecular flexibility index (Phi) is 6.45. The zero-order chi connectivity index (χ0) is 18.4. The minimum atomic E-state index is -0.340. The first-order chi connectivity index (χ1) is 11.8. The lowest BCUT2D eigenvalue weighted by molar-refractivity contribution is -0.140. The molecule has 1 saturated heterocycles. The summed E-state index contributed by atoms with van der Waals surface area (Å²) in [6.07, 6.45) is 2.82. The van der Waals surface area contributed by atoms with E-state index in [1.807, 2.05) is 49.9 Å². The van der Waals surface area contributed by atoms with Gasteiger partial charge in [-0.05, 0) is 37.0 Å². The first-order valence-electron chi connectivity index (χ1n) is 9.01. The molecular weight excluding hydrogens is 316 g/mol. The molecule has 0 bridgehead atoms. The van der Waals surface area contributed by atoms with E-state index < -0.39 is 0 Å². The third-order valence-electron chi connectivity index (χ3n) is 4.56. The van der Waals surface area contributed by atoms with Gasteiger partial charge in [0, 0.05) is 31.0 Å². The fourth-order valence-electron chi connectivity index (χ4n) is 3.09. The van der Waals surface area contributed by atoms with Gasteiger partial charge in [-0.25, -0.2) is 0 Å². The van der Waals surface area contributed by atoms with Crippen LogP contribution in [-0.2, 0) is 16.0 Å². The number of nitrogens with one attached hydrogen (secondary N) is 1. The number of aryl methyl sites for hydroxylation is 1. The standard InChI is InChI=1S/C20H30N2O3/c1-20(2,3)19(24)22-12-10-16(11-13-22)21-18(23)9-8-15-6-5-7-17(14-15)25-4/h5-7,14,16H,8-13H2,1-4H3,(H,21,23). The molecule has 2 amide bonds. The van der Waals surface area contributed by atoms with Crippen LogP contribution in [0.15, 0.2) is 24.3 Å². The van der Waals surface area contributed by atoms with Crippen molar-refractivity contribution in [3.8, 4) is 5.75 Å². The maximum Gasteiger partial charge on any atom is 0.227 e. The van der Waals surface area contributed by atoms with Crippen LogP contribution in [0.25, 0.3) is 0 Å². The van der Waals surface area contributed by atoms with Crippen molar-refractivity contribution in [3.63, 3.8) is 0 Å². The van der Waals surface area contributed by atoms with Crippen LogP contribution in [0.1, 0.15) is 45.6 Å². The monoisotopic (exact) mass is 346 g/mol. The van der Waals surface area contributed by atoms with E-state index in [9.17, 15) is 9.59 Å². The van der Waals surface area contributed by atoms with Gasteiger partial charge in [0.2, 0.25) is 11.8 Å². The molecule has 0 atom stereocenters. The molecule has 5 heteroatoms. The van der Waals surface area contributed by atoms with Crippen molar-refractivity contribution in [1.82, 2.24) is 10.2 Å². The van der Waals surface area contributed by atoms with Crippen LogP contribution in [0.4, 0.5) is 0 Å². The Morgan fingerprint density at radius 2 is 1.92 bits per heavy atom. The van der Waals surface area contributed by atoms with Crippen LogP contribution in [-0.4, -0.2) is 43.0 Å². The van der Waals surface area contributed by atoms with Crippen molar-refractivity contribution in [2.45, 2.75) is 52.5 Å². The molecule has 1 aromatic rings. The van der Waals surface area contributed by atoms with Crippen LogP contribution < -0.4 is 10.1 Å². The van der Waals surface area contributed by atoms with Gasteiger partial charge in [0.05, 0.1) is 7.11 Å². The maximum atomic E-state index is 12.3. The SMILES string of the molecule is COc1cccc(CCC(=O)NC2CCN(C(=O)C(C)(C)C)CC2)c1. The van der Waals surface area contributed by atoms with Gasteiger partial charge in [-0.2, -0.15) is 0 Å². The second-order valence-electron chi connectivity index (χ2n) is 7.74. The van der Waals surface area contributed by atoms with Gasteiger partial charge in [-0.3, -0.25) is 9.59 Å². The molecule has 0 radical (unpaired) electrons. The van der Waals surface area contributed by atoms with E-state index in [2.05, 4.69) is 5.32 Å². The molecule has 1 aliphatic heterocycles. The Bertz CT molecular complexity index is 599.